The van der Waals surface area contributed by atoms with Crippen molar-refractivity contribution in [2.45, 2.75) is 25.8 Å². The molecule has 4 rings (SSSR count). The molecule has 0 amide bonds. The van der Waals surface area contributed by atoms with Crippen LogP contribution in [0.4, 0.5) is 0 Å². The van der Waals surface area contributed by atoms with Crippen molar-refractivity contribution in [1.82, 2.24) is 14.5 Å². The number of aryl methyl sites for hydroxylation is 2. The van der Waals surface area contributed by atoms with Gasteiger partial charge in [0.1, 0.15) is 10.5 Å². The zero-order valence-electron chi connectivity index (χ0n) is 13.5. The molecule has 0 atom stereocenters. The Hall–Kier alpha value is -2.41. The van der Waals surface area contributed by atoms with Gasteiger partial charge in [-0.2, -0.15) is 0 Å². The van der Waals surface area contributed by atoms with Gasteiger partial charge in [0.25, 0.3) is 5.56 Å². The number of pyridine rings is 1. The highest BCUT2D eigenvalue weighted by Gasteiger charge is 2.22. The standard InChI is InChI=1S/C17H17N3O3S/c1-22-12-6-7-18-11(15(12)23-2)8-20-9-19-16-14(17(20)21)10-4-3-5-13(10)24-16/h6-7,9H,3-5,8H2,1-2H3. The highest BCUT2D eigenvalue weighted by Crippen LogP contribution is 2.34. The largest absolute Gasteiger partial charge is 0.493 e. The van der Waals surface area contributed by atoms with Crippen LogP contribution >= 0.6 is 11.3 Å². The number of ether oxygens (including phenoxy) is 2. The Balaban J connectivity index is 1.81. The summed E-state index contributed by atoms with van der Waals surface area (Å²) in [5, 5.41) is 0.775. The Morgan fingerprint density at radius 2 is 2.12 bits per heavy atom. The third kappa shape index (κ3) is 2.27. The molecule has 3 aromatic heterocycles. The SMILES string of the molecule is COc1ccnc(Cn2cnc3sc4c(c3c2=O)CCC4)c1OC. The monoisotopic (exact) mass is 343 g/mol. The molecule has 0 bridgehead atoms. The average Bonchev–Trinajstić information content (AvgIpc) is 3.17. The first-order valence-corrected chi connectivity index (χ1v) is 8.60. The van der Waals surface area contributed by atoms with Crippen molar-refractivity contribution >= 4 is 21.6 Å². The highest BCUT2D eigenvalue weighted by molar-refractivity contribution is 7.18. The van der Waals surface area contributed by atoms with Gasteiger partial charge in [0.05, 0.1) is 32.5 Å². The number of rotatable bonds is 4. The molecule has 24 heavy (non-hydrogen) atoms. The van der Waals surface area contributed by atoms with Crippen LogP contribution in [0, 0.1) is 0 Å². The Kier molecular flexibility index (Phi) is 3.72. The van der Waals surface area contributed by atoms with Gasteiger partial charge in [-0.1, -0.05) is 0 Å². The Morgan fingerprint density at radius 1 is 1.25 bits per heavy atom. The number of hydrogen-bond donors (Lipinski definition) is 0. The average molecular weight is 343 g/mol. The molecule has 0 radical (unpaired) electrons. The summed E-state index contributed by atoms with van der Waals surface area (Å²) >= 11 is 1.64. The van der Waals surface area contributed by atoms with Gasteiger partial charge in [0.15, 0.2) is 11.5 Å². The van der Waals surface area contributed by atoms with E-state index in [4.69, 9.17) is 9.47 Å². The second kappa shape index (κ2) is 5.90. The second-order valence-corrected chi connectivity index (χ2v) is 6.79. The number of aromatic nitrogens is 3. The summed E-state index contributed by atoms with van der Waals surface area (Å²) in [5.41, 5.74) is 1.82. The van der Waals surface area contributed by atoms with Gasteiger partial charge in [-0.25, -0.2) is 4.98 Å². The molecule has 1 aliphatic rings. The Bertz CT molecular complexity index is 977. The summed E-state index contributed by atoms with van der Waals surface area (Å²) < 4.78 is 12.3. The lowest BCUT2D eigenvalue weighted by atomic mass is 10.2. The van der Waals surface area contributed by atoms with Gasteiger partial charge >= 0.3 is 0 Å². The zero-order chi connectivity index (χ0) is 16.7. The molecule has 3 heterocycles. The van der Waals surface area contributed by atoms with Crippen molar-refractivity contribution in [1.29, 1.82) is 0 Å². The molecule has 0 N–H and O–H groups in total. The normalized spacial score (nSPS) is 13.2. The van der Waals surface area contributed by atoms with Crippen molar-refractivity contribution in [3.63, 3.8) is 0 Å². The Labute approximate surface area is 142 Å². The number of nitrogens with zero attached hydrogens (tertiary/aromatic N) is 3. The maximum absolute atomic E-state index is 12.9. The molecule has 0 spiro atoms. The smallest absolute Gasteiger partial charge is 0.262 e. The van der Waals surface area contributed by atoms with E-state index in [-0.39, 0.29) is 5.56 Å². The minimum atomic E-state index is -0.00827. The van der Waals surface area contributed by atoms with E-state index >= 15 is 0 Å². The maximum atomic E-state index is 12.9. The molecule has 124 valence electrons. The molecule has 0 unspecified atom stereocenters. The lowest BCUT2D eigenvalue weighted by Gasteiger charge is -2.12. The zero-order valence-corrected chi connectivity index (χ0v) is 14.4. The summed E-state index contributed by atoms with van der Waals surface area (Å²) in [6, 6.07) is 1.73. The molecule has 0 saturated carbocycles. The van der Waals surface area contributed by atoms with E-state index < -0.39 is 0 Å². The van der Waals surface area contributed by atoms with Crippen LogP contribution in [0.25, 0.3) is 10.2 Å². The van der Waals surface area contributed by atoms with Gasteiger partial charge in [0.2, 0.25) is 0 Å². The van der Waals surface area contributed by atoms with Gasteiger partial charge in [-0.15, -0.1) is 11.3 Å². The van der Waals surface area contributed by atoms with Crippen LogP contribution in [0.2, 0.25) is 0 Å². The molecular formula is C17H17N3O3S. The number of hydrogen-bond acceptors (Lipinski definition) is 6. The molecular weight excluding hydrogens is 326 g/mol. The van der Waals surface area contributed by atoms with E-state index in [1.54, 1.807) is 48.7 Å². The van der Waals surface area contributed by atoms with E-state index in [9.17, 15) is 4.79 Å². The first kappa shape index (κ1) is 15.1. The molecule has 3 aromatic rings. The number of thiophene rings is 1. The Morgan fingerprint density at radius 3 is 2.92 bits per heavy atom. The maximum Gasteiger partial charge on any atom is 0.262 e. The lowest BCUT2D eigenvalue weighted by Crippen LogP contribution is -2.22. The van der Waals surface area contributed by atoms with Gasteiger partial charge in [0, 0.05) is 17.1 Å². The van der Waals surface area contributed by atoms with Crippen molar-refractivity contribution in [2.75, 3.05) is 14.2 Å². The molecule has 0 saturated heterocycles. The summed E-state index contributed by atoms with van der Waals surface area (Å²) in [4.78, 5) is 23.9. The highest BCUT2D eigenvalue weighted by atomic mass is 32.1. The van der Waals surface area contributed by atoms with E-state index in [2.05, 4.69) is 9.97 Å². The van der Waals surface area contributed by atoms with Crippen LogP contribution in [-0.4, -0.2) is 28.8 Å². The molecule has 0 aromatic carbocycles. The van der Waals surface area contributed by atoms with Crippen molar-refractivity contribution in [3.8, 4) is 11.5 Å². The van der Waals surface area contributed by atoms with Gasteiger partial charge < -0.3 is 9.47 Å². The van der Waals surface area contributed by atoms with Crippen LogP contribution in [0.15, 0.2) is 23.4 Å². The minimum Gasteiger partial charge on any atom is -0.493 e. The molecule has 6 nitrogen and oxygen atoms in total. The summed E-state index contributed by atoms with van der Waals surface area (Å²) in [5.74, 6) is 1.14. The predicted octanol–water partition coefficient (Wildman–Crippen LogP) is 2.41. The van der Waals surface area contributed by atoms with Crippen molar-refractivity contribution < 1.29 is 9.47 Å². The third-order valence-electron chi connectivity index (χ3n) is 4.38. The third-order valence-corrected chi connectivity index (χ3v) is 5.58. The molecule has 7 heteroatoms. The van der Waals surface area contributed by atoms with E-state index in [1.807, 2.05) is 0 Å². The lowest BCUT2D eigenvalue weighted by molar-refractivity contribution is 0.348. The first-order valence-electron chi connectivity index (χ1n) is 7.78. The predicted molar refractivity (Wildman–Crippen MR) is 92.3 cm³/mol. The quantitative estimate of drug-likeness (QED) is 0.728. The van der Waals surface area contributed by atoms with E-state index in [0.717, 1.165) is 29.5 Å². The second-order valence-electron chi connectivity index (χ2n) is 5.71. The summed E-state index contributed by atoms with van der Waals surface area (Å²) in [7, 11) is 3.15. The van der Waals surface area contributed by atoms with E-state index in [1.165, 1.54) is 10.4 Å². The summed E-state index contributed by atoms with van der Waals surface area (Å²) in [6.07, 6.45) is 6.39. The minimum absolute atomic E-state index is 0.00827. The van der Waals surface area contributed by atoms with Crippen LogP contribution in [0.1, 0.15) is 22.6 Å². The van der Waals surface area contributed by atoms with Crippen LogP contribution in [0.3, 0.4) is 0 Å². The first-order chi connectivity index (χ1) is 11.7. The molecule has 0 aliphatic heterocycles. The van der Waals surface area contributed by atoms with Crippen molar-refractivity contribution in [3.05, 3.63) is 45.1 Å². The summed E-state index contributed by atoms with van der Waals surface area (Å²) in [6.45, 7) is 0.298. The van der Waals surface area contributed by atoms with Crippen molar-refractivity contribution in [2.24, 2.45) is 0 Å². The fourth-order valence-electron chi connectivity index (χ4n) is 3.26. The number of methoxy groups -OCH3 is 2. The van der Waals surface area contributed by atoms with Gasteiger partial charge in [-0.3, -0.25) is 14.3 Å². The topological polar surface area (TPSA) is 66.2 Å². The van der Waals surface area contributed by atoms with E-state index in [0.29, 0.717) is 23.7 Å². The molecule has 1 aliphatic carbocycles. The van der Waals surface area contributed by atoms with Crippen LogP contribution < -0.4 is 15.0 Å². The van der Waals surface area contributed by atoms with Crippen LogP contribution in [0.5, 0.6) is 11.5 Å². The van der Waals surface area contributed by atoms with Gasteiger partial charge in [-0.05, 0) is 24.8 Å². The number of fused-ring (bicyclic) bond motifs is 3. The fourth-order valence-corrected chi connectivity index (χ4v) is 4.48. The fraction of sp³-hybridized carbons (Fsp3) is 0.353. The molecule has 0 fully saturated rings. The van der Waals surface area contributed by atoms with Crippen LogP contribution in [-0.2, 0) is 19.4 Å².